The van der Waals surface area contributed by atoms with Gasteiger partial charge in [-0.05, 0) is 35.9 Å². The molecule has 28 heavy (non-hydrogen) atoms. The Hall–Kier alpha value is -3.13. The van der Waals surface area contributed by atoms with E-state index in [2.05, 4.69) is 10.2 Å². The zero-order valence-electron chi connectivity index (χ0n) is 15.5. The van der Waals surface area contributed by atoms with Gasteiger partial charge in [0.1, 0.15) is 18.0 Å². The van der Waals surface area contributed by atoms with E-state index in [1.165, 1.54) is 6.07 Å². The van der Waals surface area contributed by atoms with Gasteiger partial charge in [0, 0.05) is 12.7 Å². The fourth-order valence-corrected chi connectivity index (χ4v) is 3.17. The normalized spacial score (nSPS) is 16.5. The van der Waals surface area contributed by atoms with Crippen LogP contribution in [-0.4, -0.2) is 54.5 Å². The van der Waals surface area contributed by atoms with Gasteiger partial charge in [-0.1, -0.05) is 13.0 Å². The Labute approximate surface area is 162 Å². The van der Waals surface area contributed by atoms with Crippen molar-refractivity contribution in [2.45, 2.75) is 19.4 Å². The molecule has 1 aromatic heterocycles. The summed E-state index contributed by atoms with van der Waals surface area (Å²) in [7, 11) is 0. The molecule has 2 aromatic rings. The van der Waals surface area contributed by atoms with Crippen LogP contribution < -0.4 is 4.74 Å². The Balaban J connectivity index is 1.78. The lowest BCUT2D eigenvalue weighted by Gasteiger charge is -2.35. The molecule has 0 saturated carbocycles. The summed E-state index contributed by atoms with van der Waals surface area (Å²) in [5, 5.41) is 2.84. The monoisotopic (exact) mass is 383 g/mol. The van der Waals surface area contributed by atoms with Gasteiger partial charge in [0.2, 0.25) is 0 Å². The van der Waals surface area contributed by atoms with Gasteiger partial charge >= 0.3 is 0 Å². The average Bonchev–Trinajstić information content (AvgIpc) is 2.76. The van der Waals surface area contributed by atoms with E-state index in [9.17, 15) is 14.5 Å². The van der Waals surface area contributed by atoms with E-state index in [-0.39, 0.29) is 35.6 Å². The third-order valence-electron chi connectivity index (χ3n) is 4.63. The number of morpholine rings is 1. The fraction of sp³-hybridized carbons (Fsp3) is 0.350. The van der Waals surface area contributed by atoms with Crippen LogP contribution in [0.4, 0.5) is 5.69 Å². The number of nitrogens with zero attached hydrogens (tertiary/aromatic N) is 3. The van der Waals surface area contributed by atoms with Crippen molar-refractivity contribution in [3.05, 3.63) is 58.3 Å². The Morgan fingerprint density at radius 1 is 1.39 bits per heavy atom. The third kappa shape index (κ3) is 4.07. The number of aldehydes is 1. The number of ether oxygens (including phenoxy) is 2. The number of pyridine rings is 1. The molecule has 1 fully saturated rings. The topological polar surface area (TPSA) is 98.2 Å². The first kappa shape index (κ1) is 19.6. The summed E-state index contributed by atoms with van der Waals surface area (Å²) in [5.41, 5.74) is 1.42. The van der Waals surface area contributed by atoms with Crippen LogP contribution in [0.1, 0.15) is 33.3 Å². The molecule has 146 valence electrons. The Morgan fingerprint density at radius 3 is 3.00 bits per heavy atom. The highest BCUT2D eigenvalue weighted by Crippen LogP contribution is 2.27. The maximum atomic E-state index is 13.1. The summed E-state index contributed by atoms with van der Waals surface area (Å²) >= 11 is 0. The number of amides is 1. The molecule has 1 aliphatic heterocycles. The summed E-state index contributed by atoms with van der Waals surface area (Å²) in [4.78, 5) is 41.3. The number of carbonyl (C=O) groups is 2. The highest BCUT2D eigenvalue weighted by molar-refractivity contribution is 5.95. The molecule has 1 saturated heterocycles. The van der Waals surface area contributed by atoms with Crippen molar-refractivity contribution in [2.24, 2.45) is 5.18 Å². The number of hydrogen-bond donors (Lipinski definition) is 0. The number of benzene rings is 1. The molecular weight excluding hydrogens is 362 g/mol. The van der Waals surface area contributed by atoms with Crippen molar-refractivity contribution in [2.75, 3.05) is 26.4 Å². The van der Waals surface area contributed by atoms with Crippen molar-refractivity contribution >= 4 is 17.9 Å². The van der Waals surface area contributed by atoms with Gasteiger partial charge in [-0.2, -0.15) is 0 Å². The number of hydrogen-bond acceptors (Lipinski definition) is 7. The second-order valence-corrected chi connectivity index (χ2v) is 6.29. The van der Waals surface area contributed by atoms with Gasteiger partial charge in [0.25, 0.3) is 5.91 Å². The van der Waals surface area contributed by atoms with E-state index in [1.54, 1.807) is 35.4 Å². The Morgan fingerprint density at radius 2 is 2.25 bits per heavy atom. The lowest BCUT2D eigenvalue weighted by Crippen LogP contribution is -2.51. The standard InChI is InChI=1S/C20H21N3O5/c1-2-17-15(5-4-8-21-17)20(25)23-9-10-27-12-14(23)13-28-19-7-3-6-18(22-26)16(19)11-24/h3-8,11,14H,2,9-10,12-13H2,1H3/t14-/m0/s1. The van der Waals surface area contributed by atoms with Crippen LogP contribution in [-0.2, 0) is 11.2 Å². The first-order chi connectivity index (χ1) is 13.7. The Bertz CT molecular complexity index is 871. The molecular formula is C20H21N3O5. The highest BCUT2D eigenvalue weighted by Gasteiger charge is 2.30. The van der Waals surface area contributed by atoms with Crippen LogP contribution in [0.2, 0.25) is 0 Å². The van der Waals surface area contributed by atoms with Crippen molar-refractivity contribution in [3.8, 4) is 5.75 Å². The first-order valence-electron chi connectivity index (χ1n) is 9.06. The van der Waals surface area contributed by atoms with E-state index in [0.717, 1.165) is 5.69 Å². The van der Waals surface area contributed by atoms with E-state index in [1.807, 2.05) is 6.92 Å². The van der Waals surface area contributed by atoms with Gasteiger partial charge in [-0.3, -0.25) is 14.6 Å². The molecule has 0 aliphatic carbocycles. The molecule has 0 spiro atoms. The average molecular weight is 383 g/mol. The molecule has 8 nitrogen and oxygen atoms in total. The number of aryl methyl sites for hydroxylation is 1. The first-order valence-corrected chi connectivity index (χ1v) is 9.06. The molecule has 2 heterocycles. The van der Waals surface area contributed by atoms with E-state index >= 15 is 0 Å². The SMILES string of the molecule is CCc1ncccc1C(=O)N1CCOC[C@H]1COc1cccc(N=O)c1C=O. The van der Waals surface area contributed by atoms with Gasteiger partial charge in [-0.15, -0.1) is 4.91 Å². The minimum atomic E-state index is -0.335. The number of carbonyl (C=O) groups excluding carboxylic acids is 2. The molecule has 0 unspecified atom stereocenters. The van der Waals surface area contributed by atoms with Crippen LogP contribution in [0.25, 0.3) is 0 Å². The summed E-state index contributed by atoms with van der Waals surface area (Å²) in [6.45, 7) is 3.26. The van der Waals surface area contributed by atoms with Crippen molar-refractivity contribution in [1.29, 1.82) is 0 Å². The van der Waals surface area contributed by atoms with Crippen LogP contribution in [0, 0.1) is 4.91 Å². The molecule has 1 aromatic carbocycles. The summed E-state index contributed by atoms with van der Waals surface area (Å²) in [6.07, 6.45) is 2.86. The number of nitroso groups, excluding NO2 is 1. The predicted molar refractivity (Wildman–Crippen MR) is 102 cm³/mol. The van der Waals surface area contributed by atoms with Gasteiger partial charge in [-0.25, -0.2) is 0 Å². The largest absolute Gasteiger partial charge is 0.491 e. The van der Waals surface area contributed by atoms with E-state index in [4.69, 9.17) is 9.47 Å². The second-order valence-electron chi connectivity index (χ2n) is 6.29. The molecule has 1 aliphatic rings. The number of rotatable bonds is 7. The zero-order valence-corrected chi connectivity index (χ0v) is 15.5. The third-order valence-corrected chi connectivity index (χ3v) is 4.63. The van der Waals surface area contributed by atoms with Crippen molar-refractivity contribution < 1.29 is 19.1 Å². The van der Waals surface area contributed by atoms with Crippen LogP contribution in [0.15, 0.2) is 41.7 Å². The van der Waals surface area contributed by atoms with Crippen LogP contribution >= 0.6 is 0 Å². The highest BCUT2D eigenvalue weighted by atomic mass is 16.5. The summed E-state index contributed by atoms with van der Waals surface area (Å²) in [5.74, 6) is 0.126. The summed E-state index contributed by atoms with van der Waals surface area (Å²) in [6, 6.07) is 7.79. The smallest absolute Gasteiger partial charge is 0.256 e. The van der Waals surface area contributed by atoms with Crippen LogP contribution in [0.3, 0.4) is 0 Å². The predicted octanol–water partition coefficient (Wildman–Crippen LogP) is 2.77. The maximum absolute atomic E-state index is 13.1. The van der Waals surface area contributed by atoms with Gasteiger partial charge in [0.15, 0.2) is 6.29 Å². The van der Waals surface area contributed by atoms with E-state index in [0.29, 0.717) is 38.0 Å². The molecule has 1 atom stereocenters. The quantitative estimate of drug-likeness (QED) is 0.539. The minimum absolute atomic E-state index is 0.0169. The summed E-state index contributed by atoms with van der Waals surface area (Å²) < 4.78 is 11.3. The molecule has 8 heteroatoms. The van der Waals surface area contributed by atoms with Crippen molar-refractivity contribution in [3.63, 3.8) is 0 Å². The molecule has 1 amide bonds. The van der Waals surface area contributed by atoms with Gasteiger partial charge < -0.3 is 14.4 Å². The Kier molecular flexibility index (Phi) is 6.44. The van der Waals surface area contributed by atoms with Gasteiger partial charge in [0.05, 0.1) is 36.1 Å². The molecule has 0 N–H and O–H groups in total. The number of aromatic nitrogens is 1. The molecule has 0 bridgehead atoms. The second kappa shape index (κ2) is 9.18. The minimum Gasteiger partial charge on any atom is -0.491 e. The maximum Gasteiger partial charge on any atom is 0.256 e. The zero-order chi connectivity index (χ0) is 19.9. The lowest BCUT2D eigenvalue weighted by molar-refractivity contribution is -0.0151. The van der Waals surface area contributed by atoms with E-state index < -0.39 is 0 Å². The van der Waals surface area contributed by atoms with Crippen LogP contribution in [0.5, 0.6) is 5.75 Å². The van der Waals surface area contributed by atoms with Crippen molar-refractivity contribution in [1.82, 2.24) is 9.88 Å². The molecule has 3 rings (SSSR count). The molecule has 0 radical (unpaired) electrons. The lowest BCUT2D eigenvalue weighted by atomic mass is 10.1. The fourth-order valence-electron chi connectivity index (χ4n) is 3.17.